The summed E-state index contributed by atoms with van der Waals surface area (Å²) >= 11 is 0. The van der Waals surface area contributed by atoms with Crippen LogP contribution in [-0.2, 0) is 54.1 Å². The zero-order valence-corrected chi connectivity index (χ0v) is 31.0. The molecule has 0 spiro atoms. The molecule has 0 aliphatic carbocycles. The molecule has 2 amide bonds. The zero-order valence-electron chi connectivity index (χ0n) is 31.0. The number of carbonyl (C=O) groups excluding carboxylic acids is 6. The first-order valence-electron chi connectivity index (χ1n) is 17.9. The van der Waals surface area contributed by atoms with Crippen LogP contribution in [0.2, 0.25) is 0 Å². The van der Waals surface area contributed by atoms with Gasteiger partial charge in [0.2, 0.25) is 11.4 Å². The third-order valence-corrected chi connectivity index (χ3v) is 9.68. The molecule has 0 saturated carbocycles. The molecule has 3 aliphatic rings. The van der Waals surface area contributed by atoms with Crippen LogP contribution < -0.4 is 0 Å². The molecule has 0 bridgehead atoms. The predicted molar refractivity (Wildman–Crippen MR) is 191 cm³/mol. The number of aliphatic hydroxyl groups is 3. The van der Waals surface area contributed by atoms with Crippen molar-refractivity contribution in [2.75, 3.05) is 13.2 Å². The average Bonchev–Trinajstić information content (AvgIpc) is 3.44. The molecule has 57 heavy (non-hydrogen) atoms. The van der Waals surface area contributed by atoms with Crippen LogP contribution >= 0.6 is 0 Å². The van der Waals surface area contributed by atoms with Crippen LogP contribution in [0.5, 0.6) is 0 Å². The molecule has 0 radical (unpaired) electrons. The standard InChI is InChI=1S/C40H41NO16/c1-21(43)51-20-29-32(53-22(2)44)33(54-23(3)45)30(41-36(48)26-16-10-11-17-27(26)37(41)49)38(55-29)57-35-31(46)28(18-42)56-39(52-19-24-12-6-4-7-13-24)40(35,50)34(47)25-14-8-5-9-15-25/h4-17,28-33,35,38-39,42,46,50H,18-20H2,1-3H3/t28-,29-,30+,31+,32-,33-,35+,38+,39+,40-/m1/s1. The van der Waals surface area contributed by atoms with Gasteiger partial charge in [0.15, 0.2) is 24.8 Å². The van der Waals surface area contributed by atoms with E-state index >= 15 is 0 Å². The van der Waals surface area contributed by atoms with Crippen molar-refractivity contribution in [2.45, 2.75) is 88.2 Å². The van der Waals surface area contributed by atoms with Crippen LogP contribution in [-0.4, -0.2) is 130 Å². The van der Waals surface area contributed by atoms with Crippen molar-refractivity contribution in [1.29, 1.82) is 0 Å². The first-order valence-corrected chi connectivity index (χ1v) is 17.9. The van der Waals surface area contributed by atoms with E-state index < -0.39 is 110 Å². The zero-order chi connectivity index (χ0) is 41.0. The van der Waals surface area contributed by atoms with Gasteiger partial charge in [0.25, 0.3) is 11.8 Å². The van der Waals surface area contributed by atoms with E-state index in [9.17, 15) is 44.1 Å². The van der Waals surface area contributed by atoms with Crippen molar-refractivity contribution >= 4 is 35.5 Å². The number of ketones is 1. The van der Waals surface area contributed by atoms with Crippen molar-refractivity contribution in [3.8, 4) is 0 Å². The fourth-order valence-corrected chi connectivity index (χ4v) is 7.13. The van der Waals surface area contributed by atoms with Crippen LogP contribution in [0.1, 0.15) is 57.4 Å². The molecule has 0 unspecified atom stereocenters. The molecule has 3 heterocycles. The van der Waals surface area contributed by atoms with Crippen LogP contribution in [0.15, 0.2) is 84.9 Å². The Hall–Kier alpha value is -5.40. The lowest BCUT2D eigenvalue weighted by Gasteiger charge is -2.52. The summed E-state index contributed by atoms with van der Waals surface area (Å²) in [5, 5.41) is 34.9. The Kier molecular flexibility index (Phi) is 12.6. The molecule has 2 saturated heterocycles. The molecule has 3 aliphatic heterocycles. The highest BCUT2D eigenvalue weighted by Gasteiger charge is 2.64. The number of rotatable bonds is 13. The Balaban J connectivity index is 1.51. The van der Waals surface area contributed by atoms with Gasteiger partial charge in [0.1, 0.15) is 37.1 Å². The molecule has 6 rings (SSSR count). The summed E-state index contributed by atoms with van der Waals surface area (Å²) < 4.78 is 41.0. The summed E-state index contributed by atoms with van der Waals surface area (Å²) in [6.45, 7) is 1.35. The lowest BCUT2D eigenvalue weighted by molar-refractivity contribution is -0.368. The number of nitrogens with zero attached hydrogens (tertiary/aromatic N) is 1. The van der Waals surface area contributed by atoms with E-state index in [1.54, 1.807) is 36.4 Å². The Morgan fingerprint density at radius 1 is 0.754 bits per heavy atom. The van der Waals surface area contributed by atoms with Gasteiger partial charge in [-0.3, -0.25) is 33.7 Å². The molecule has 3 aromatic carbocycles. The number of fused-ring (bicyclic) bond motifs is 1. The van der Waals surface area contributed by atoms with E-state index in [0.29, 0.717) is 10.5 Å². The van der Waals surface area contributed by atoms with E-state index in [4.69, 9.17) is 33.2 Å². The van der Waals surface area contributed by atoms with Crippen LogP contribution in [0, 0.1) is 0 Å². The van der Waals surface area contributed by atoms with Gasteiger partial charge in [-0.1, -0.05) is 72.8 Å². The van der Waals surface area contributed by atoms with Crippen molar-refractivity contribution in [3.63, 3.8) is 0 Å². The van der Waals surface area contributed by atoms with Gasteiger partial charge in [-0.15, -0.1) is 0 Å². The number of hydrogen-bond acceptors (Lipinski definition) is 16. The maximum atomic E-state index is 14.5. The van der Waals surface area contributed by atoms with Gasteiger partial charge in [0.05, 0.1) is 24.3 Å². The highest BCUT2D eigenvalue weighted by Crippen LogP contribution is 2.41. The smallest absolute Gasteiger partial charge is 0.303 e. The number of imide groups is 1. The fourth-order valence-electron chi connectivity index (χ4n) is 7.13. The normalized spacial score (nSPS) is 29.6. The summed E-state index contributed by atoms with van der Waals surface area (Å²) in [5.74, 6) is -5.56. The summed E-state index contributed by atoms with van der Waals surface area (Å²) in [6, 6.07) is 19.9. The number of amides is 2. The van der Waals surface area contributed by atoms with Gasteiger partial charge in [0, 0.05) is 26.3 Å². The molecule has 3 N–H and O–H groups in total. The molecular weight excluding hydrogens is 750 g/mol. The van der Waals surface area contributed by atoms with E-state index in [-0.39, 0.29) is 23.3 Å². The Bertz CT molecular complexity index is 1940. The average molecular weight is 792 g/mol. The van der Waals surface area contributed by atoms with Crippen LogP contribution in [0.25, 0.3) is 0 Å². The second kappa shape index (κ2) is 17.4. The highest BCUT2D eigenvalue weighted by atomic mass is 16.7. The Morgan fingerprint density at radius 2 is 1.32 bits per heavy atom. The molecule has 2 fully saturated rings. The minimum atomic E-state index is -2.98. The third-order valence-electron chi connectivity index (χ3n) is 9.68. The minimum absolute atomic E-state index is 0.0505. The number of esters is 3. The largest absolute Gasteiger partial charge is 0.463 e. The third kappa shape index (κ3) is 8.36. The van der Waals surface area contributed by atoms with Gasteiger partial charge >= 0.3 is 17.9 Å². The fraction of sp³-hybridized carbons (Fsp3) is 0.400. The minimum Gasteiger partial charge on any atom is -0.463 e. The van der Waals surface area contributed by atoms with E-state index in [2.05, 4.69) is 0 Å². The second-order valence-electron chi connectivity index (χ2n) is 13.6. The predicted octanol–water partition coefficient (Wildman–Crippen LogP) is 1.10. The van der Waals surface area contributed by atoms with Crippen molar-refractivity contribution in [1.82, 2.24) is 4.90 Å². The molecule has 17 nitrogen and oxygen atoms in total. The summed E-state index contributed by atoms with van der Waals surface area (Å²) in [5.41, 5.74) is -2.57. The summed E-state index contributed by atoms with van der Waals surface area (Å²) in [6.07, 6.45) is -14.8. The van der Waals surface area contributed by atoms with Gasteiger partial charge < -0.3 is 48.5 Å². The maximum Gasteiger partial charge on any atom is 0.303 e. The summed E-state index contributed by atoms with van der Waals surface area (Å²) in [7, 11) is 0. The van der Waals surface area contributed by atoms with Crippen LogP contribution in [0.3, 0.4) is 0 Å². The summed E-state index contributed by atoms with van der Waals surface area (Å²) in [4.78, 5) is 80.7. The van der Waals surface area contributed by atoms with Crippen molar-refractivity contribution in [2.24, 2.45) is 0 Å². The molecular formula is C40H41NO16. The van der Waals surface area contributed by atoms with Gasteiger partial charge in [-0.25, -0.2) is 0 Å². The van der Waals surface area contributed by atoms with E-state index in [1.807, 2.05) is 0 Å². The SMILES string of the molecule is CC(=O)OC[C@H]1O[C@@H](O[C@H]2[C@@H](O)[C@@H](CO)O[C@H](OCc3ccccc3)[C@@]2(O)C(=O)c2ccccc2)[C@@H](N2C(=O)c3ccccc3C2=O)[C@@H](OC(C)=O)[C@@H]1OC(C)=O. The topological polar surface area (TPSA) is 231 Å². The maximum absolute atomic E-state index is 14.5. The quantitative estimate of drug-likeness (QED) is 0.0952. The van der Waals surface area contributed by atoms with Gasteiger partial charge in [-0.05, 0) is 17.7 Å². The highest BCUT2D eigenvalue weighted by molar-refractivity contribution is 6.21. The first kappa shape index (κ1) is 41.2. The lowest BCUT2D eigenvalue weighted by atomic mass is 9.80. The number of hydrogen-bond donors (Lipinski definition) is 3. The van der Waals surface area contributed by atoms with Gasteiger partial charge in [-0.2, -0.15) is 0 Å². The van der Waals surface area contributed by atoms with Crippen molar-refractivity contribution in [3.05, 3.63) is 107 Å². The van der Waals surface area contributed by atoms with Crippen LogP contribution in [0.4, 0.5) is 0 Å². The molecule has 10 atom stereocenters. The first-order chi connectivity index (χ1) is 27.3. The molecule has 3 aromatic rings. The number of Topliss-reactive ketones (excluding diaryl/α,β-unsaturated/α-hetero) is 1. The molecule has 302 valence electrons. The molecule has 0 aromatic heterocycles. The number of carbonyl (C=O) groups is 6. The molecule has 17 heteroatoms. The number of benzene rings is 3. The number of ether oxygens (including phenoxy) is 7. The second-order valence-corrected chi connectivity index (χ2v) is 13.6. The lowest BCUT2D eigenvalue weighted by Crippen LogP contribution is -2.74. The van der Waals surface area contributed by atoms with E-state index in [1.165, 1.54) is 48.5 Å². The monoisotopic (exact) mass is 791 g/mol. The Labute approximate surface area is 325 Å². The van der Waals surface area contributed by atoms with E-state index in [0.717, 1.165) is 20.8 Å². The van der Waals surface area contributed by atoms with Crippen molar-refractivity contribution < 1.29 is 77.2 Å². The number of aliphatic hydroxyl groups excluding tert-OH is 2. The Morgan fingerprint density at radius 3 is 1.88 bits per heavy atom.